The van der Waals surface area contributed by atoms with Crippen LogP contribution < -0.4 is 9.64 Å². The molecule has 59 heavy (non-hydrogen) atoms. The molecule has 0 fully saturated rings. The van der Waals surface area contributed by atoms with Crippen LogP contribution in [0.1, 0.15) is 22.3 Å². The van der Waals surface area contributed by atoms with Crippen LogP contribution in [0, 0.1) is 0 Å². The highest BCUT2D eigenvalue weighted by atomic mass is 32.1. The van der Waals surface area contributed by atoms with E-state index in [2.05, 4.69) is 205 Å². The number of anilines is 3. The number of rotatable bonds is 4. The minimum atomic E-state index is -0.563. The SMILES string of the molecule is c1ccc(-c2cccc3sc4ccc(N(c5ccc6c(c5)sc5ccccc56)c5cccc6c5Oc5ccccc5C65c6ccccc6-c6ccccc65)cc4c23)cc1. The molecule has 2 aromatic heterocycles. The number of ether oxygens (including phenoxy) is 1. The summed E-state index contributed by atoms with van der Waals surface area (Å²) in [4.78, 5) is 2.44. The molecule has 2 aliphatic rings. The summed E-state index contributed by atoms with van der Waals surface area (Å²) in [7, 11) is 0. The summed E-state index contributed by atoms with van der Waals surface area (Å²) in [5.74, 6) is 1.75. The highest BCUT2D eigenvalue weighted by Crippen LogP contribution is 2.64. The molecule has 0 bridgehead atoms. The van der Waals surface area contributed by atoms with Gasteiger partial charge in [-0.3, -0.25) is 0 Å². The predicted molar refractivity (Wildman–Crippen MR) is 250 cm³/mol. The monoisotopic (exact) mass is 787 g/mol. The van der Waals surface area contributed by atoms with Crippen molar-refractivity contribution in [1.29, 1.82) is 0 Å². The van der Waals surface area contributed by atoms with E-state index in [4.69, 9.17) is 4.74 Å². The summed E-state index contributed by atoms with van der Waals surface area (Å²) in [6.07, 6.45) is 0. The molecule has 4 heteroatoms. The van der Waals surface area contributed by atoms with E-state index in [1.54, 1.807) is 0 Å². The zero-order valence-electron chi connectivity index (χ0n) is 31.7. The Morgan fingerprint density at radius 1 is 0.390 bits per heavy atom. The van der Waals surface area contributed by atoms with E-state index < -0.39 is 5.41 Å². The number of nitrogens with zero attached hydrogens (tertiary/aromatic N) is 1. The maximum Gasteiger partial charge on any atom is 0.156 e. The molecule has 0 amide bonds. The zero-order chi connectivity index (χ0) is 38.7. The van der Waals surface area contributed by atoms with Gasteiger partial charge in [0.1, 0.15) is 5.75 Å². The lowest BCUT2D eigenvalue weighted by molar-refractivity contribution is 0.437. The summed E-state index contributed by atoms with van der Waals surface area (Å²) in [6, 6.07) is 73.5. The molecule has 0 radical (unpaired) electrons. The van der Waals surface area contributed by atoms with Crippen LogP contribution in [0.4, 0.5) is 17.1 Å². The van der Waals surface area contributed by atoms with Gasteiger partial charge in [-0.15, -0.1) is 22.7 Å². The molecule has 0 N–H and O–H groups in total. The molecule has 1 aliphatic carbocycles. The number of hydrogen-bond donors (Lipinski definition) is 0. The Balaban J connectivity index is 1.11. The lowest BCUT2D eigenvalue weighted by Crippen LogP contribution is -2.32. The van der Waals surface area contributed by atoms with Gasteiger partial charge in [0, 0.05) is 62.8 Å². The molecule has 0 unspecified atom stereocenters. The van der Waals surface area contributed by atoms with E-state index in [-0.39, 0.29) is 0 Å². The molecule has 13 rings (SSSR count). The van der Waals surface area contributed by atoms with Gasteiger partial charge in [-0.05, 0) is 88.0 Å². The van der Waals surface area contributed by atoms with Crippen LogP contribution in [0.3, 0.4) is 0 Å². The van der Waals surface area contributed by atoms with Gasteiger partial charge in [0.05, 0.1) is 11.1 Å². The van der Waals surface area contributed by atoms with Gasteiger partial charge >= 0.3 is 0 Å². The van der Waals surface area contributed by atoms with E-state index in [0.717, 1.165) is 34.1 Å². The first kappa shape index (κ1) is 33.0. The standard InChI is InChI=1S/C55H33NOS2/c1-2-14-34(15-3-1)37-19-12-27-51-53(37)42-32-35(29-31-50(42)58-51)56(36-28-30-41-40-18-6-11-26-49(40)59-52(41)33-36)47-24-13-23-46-54(47)57-48-25-10-9-22-45(48)55(46)43-20-7-4-16-38(43)39-17-5-8-21-44(39)55/h1-33H. The topological polar surface area (TPSA) is 12.5 Å². The number of para-hydroxylation sites is 2. The van der Waals surface area contributed by atoms with E-state index in [1.165, 1.54) is 79.3 Å². The van der Waals surface area contributed by atoms with Crippen molar-refractivity contribution in [2.24, 2.45) is 0 Å². The first-order chi connectivity index (χ1) is 29.3. The Morgan fingerprint density at radius 3 is 1.83 bits per heavy atom. The average Bonchev–Trinajstić information content (AvgIpc) is 3.95. The van der Waals surface area contributed by atoms with Crippen molar-refractivity contribution in [3.63, 3.8) is 0 Å². The third-order valence-electron chi connectivity index (χ3n) is 12.5. The highest BCUT2D eigenvalue weighted by Gasteiger charge is 2.51. The van der Waals surface area contributed by atoms with Crippen LogP contribution in [0.2, 0.25) is 0 Å². The van der Waals surface area contributed by atoms with Crippen molar-refractivity contribution in [3.8, 4) is 33.8 Å². The molecule has 1 spiro atoms. The third-order valence-corrected chi connectivity index (χ3v) is 14.8. The largest absolute Gasteiger partial charge is 0.454 e. The van der Waals surface area contributed by atoms with Crippen molar-refractivity contribution >= 4 is 80.1 Å². The average molecular weight is 788 g/mol. The lowest BCUT2D eigenvalue weighted by Gasteiger charge is -2.41. The molecular weight excluding hydrogens is 755 g/mol. The minimum Gasteiger partial charge on any atom is -0.454 e. The Bertz CT molecular complexity index is 3460. The quantitative estimate of drug-likeness (QED) is 0.176. The van der Waals surface area contributed by atoms with Crippen LogP contribution in [-0.4, -0.2) is 0 Å². The second kappa shape index (κ2) is 12.5. The first-order valence-corrected chi connectivity index (χ1v) is 21.7. The maximum absolute atomic E-state index is 7.27. The van der Waals surface area contributed by atoms with Crippen molar-refractivity contribution < 1.29 is 4.74 Å². The summed E-state index contributed by atoms with van der Waals surface area (Å²) in [5.41, 5.74) is 12.5. The van der Waals surface area contributed by atoms with Crippen LogP contribution in [-0.2, 0) is 5.41 Å². The second-order valence-corrected chi connectivity index (χ2v) is 17.7. The molecule has 1 aliphatic heterocycles. The maximum atomic E-state index is 7.27. The zero-order valence-corrected chi connectivity index (χ0v) is 33.4. The van der Waals surface area contributed by atoms with E-state index in [9.17, 15) is 0 Å². The third kappa shape index (κ3) is 4.61. The first-order valence-electron chi connectivity index (χ1n) is 20.1. The summed E-state index contributed by atoms with van der Waals surface area (Å²) >= 11 is 3.71. The van der Waals surface area contributed by atoms with Crippen molar-refractivity contribution in [3.05, 3.63) is 222 Å². The van der Waals surface area contributed by atoms with E-state index >= 15 is 0 Å². The van der Waals surface area contributed by atoms with Gasteiger partial charge in [0.15, 0.2) is 5.75 Å². The Morgan fingerprint density at radius 2 is 0.983 bits per heavy atom. The molecule has 2 nitrogen and oxygen atoms in total. The van der Waals surface area contributed by atoms with Gasteiger partial charge in [0.25, 0.3) is 0 Å². The summed E-state index contributed by atoms with van der Waals surface area (Å²) < 4.78 is 12.4. The van der Waals surface area contributed by atoms with Gasteiger partial charge < -0.3 is 9.64 Å². The fraction of sp³-hybridized carbons (Fsp3) is 0.0182. The Labute approximate surface area is 349 Å². The fourth-order valence-electron chi connectivity index (χ4n) is 10.1. The summed E-state index contributed by atoms with van der Waals surface area (Å²) in [6.45, 7) is 0. The molecular formula is C55H33NOS2. The van der Waals surface area contributed by atoms with Crippen LogP contribution in [0.15, 0.2) is 200 Å². The van der Waals surface area contributed by atoms with Gasteiger partial charge in [-0.2, -0.15) is 0 Å². The number of hydrogen-bond acceptors (Lipinski definition) is 4. The lowest BCUT2D eigenvalue weighted by atomic mass is 9.66. The smallest absolute Gasteiger partial charge is 0.156 e. The fourth-order valence-corrected chi connectivity index (χ4v) is 12.4. The minimum absolute atomic E-state index is 0.563. The van der Waals surface area contributed by atoms with Gasteiger partial charge in [-0.25, -0.2) is 0 Å². The Kier molecular flexibility index (Phi) is 7.00. The highest BCUT2D eigenvalue weighted by molar-refractivity contribution is 7.26. The van der Waals surface area contributed by atoms with E-state index in [1.807, 2.05) is 22.7 Å². The summed E-state index contributed by atoms with van der Waals surface area (Å²) in [5, 5.41) is 5.11. The molecule has 0 atom stereocenters. The molecule has 11 aromatic rings. The number of benzene rings is 9. The normalized spacial score (nSPS) is 13.4. The van der Waals surface area contributed by atoms with Crippen LogP contribution >= 0.6 is 22.7 Å². The second-order valence-electron chi connectivity index (χ2n) is 15.5. The molecule has 9 aromatic carbocycles. The van der Waals surface area contributed by atoms with Gasteiger partial charge in [-0.1, -0.05) is 146 Å². The van der Waals surface area contributed by atoms with E-state index in [0.29, 0.717) is 0 Å². The van der Waals surface area contributed by atoms with Crippen LogP contribution in [0.5, 0.6) is 11.5 Å². The molecule has 0 saturated heterocycles. The molecule has 3 heterocycles. The number of fused-ring (bicyclic) bond motifs is 15. The Hall–Kier alpha value is -6.98. The molecule has 276 valence electrons. The van der Waals surface area contributed by atoms with Gasteiger partial charge in [0.2, 0.25) is 0 Å². The van der Waals surface area contributed by atoms with Crippen LogP contribution in [0.25, 0.3) is 62.6 Å². The van der Waals surface area contributed by atoms with Crippen molar-refractivity contribution in [2.75, 3.05) is 4.90 Å². The predicted octanol–water partition coefficient (Wildman–Crippen LogP) is 16.0. The van der Waals surface area contributed by atoms with Crippen molar-refractivity contribution in [2.45, 2.75) is 5.41 Å². The van der Waals surface area contributed by atoms with Crippen molar-refractivity contribution in [1.82, 2.24) is 0 Å². The number of thiophene rings is 2. The molecule has 0 saturated carbocycles.